The highest BCUT2D eigenvalue weighted by Gasteiger charge is 2.19. The lowest BCUT2D eigenvalue weighted by Gasteiger charge is -2.12. The van der Waals surface area contributed by atoms with Gasteiger partial charge in [-0.15, -0.1) is 0 Å². The maximum atomic E-state index is 13.5. The summed E-state index contributed by atoms with van der Waals surface area (Å²) < 4.78 is 32.1. The quantitative estimate of drug-likeness (QED) is 0.230. The molecule has 3 nitrogen and oxygen atoms in total. The van der Waals surface area contributed by atoms with Gasteiger partial charge in [-0.25, -0.2) is 18.7 Å². The number of halogens is 2. The Bertz CT molecular complexity index is 721. The predicted octanol–water partition coefficient (Wildman–Crippen LogP) is 8.07. The number of alkyl halides is 2. The molecule has 0 aliphatic heterocycles. The number of hydrogen-bond donors (Lipinski definition) is 0. The molecule has 0 spiro atoms. The van der Waals surface area contributed by atoms with E-state index in [1.54, 1.807) is 6.92 Å². The second-order valence-corrected chi connectivity index (χ2v) is 8.62. The van der Waals surface area contributed by atoms with Crippen LogP contribution in [0.5, 0.6) is 5.75 Å². The fraction of sp³-hybridized carbons (Fsp3) is 0.630. The Labute approximate surface area is 193 Å². The Kier molecular flexibility index (Phi) is 12.9. The van der Waals surface area contributed by atoms with Crippen LogP contribution in [-0.4, -0.2) is 28.9 Å². The highest BCUT2D eigenvalue weighted by Crippen LogP contribution is 2.19. The molecule has 0 N–H and O–H groups in total. The van der Waals surface area contributed by atoms with Crippen molar-refractivity contribution in [1.29, 1.82) is 0 Å². The average molecular weight is 447 g/mol. The molecular weight excluding hydrogens is 406 g/mol. The van der Waals surface area contributed by atoms with E-state index in [0.29, 0.717) is 11.6 Å². The molecule has 0 aliphatic rings. The molecule has 2 aromatic rings. The molecule has 0 aliphatic carbocycles. The van der Waals surface area contributed by atoms with Gasteiger partial charge in [-0.3, -0.25) is 0 Å². The Hall–Kier alpha value is -2.04. The summed E-state index contributed by atoms with van der Waals surface area (Å²) in [5.41, 5.74) is 2.26. The summed E-state index contributed by atoms with van der Waals surface area (Å²) >= 11 is 0. The molecule has 0 amide bonds. The highest BCUT2D eigenvalue weighted by molar-refractivity contribution is 5.55. The SMILES string of the molecule is CCCCCCCCCCCCc1ccc(-c2ncc(OCC(F)C(F)CC)cn2)cc1. The van der Waals surface area contributed by atoms with Gasteiger partial charge >= 0.3 is 0 Å². The van der Waals surface area contributed by atoms with Crippen molar-refractivity contribution < 1.29 is 13.5 Å². The largest absolute Gasteiger partial charge is 0.487 e. The van der Waals surface area contributed by atoms with E-state index in [-0.39, 0.29) is 13.0 Å². The van der Waals surface area contributed by atoms with E-state index < -0.39 is 12.3 Å². The van der Waals surface area contributed by atoms with Crippen LogP contribution < -0.4 is 4.74 Å². The van der Waals surface area contributed by atoms with Crippen molar-refractivity contribution in [1.82, 2.24) is 9.97 Å². The van der Waals surface area contributed by atoms with Crippen molar-refractivity contribution in [2.45, 2.75) is 103 Å². The van der Waals surface area contributed by atoms with Gasteiger partial charge in [-0.1, -0.05) is 95.9 Å². The number of aromatic nitrogens is 2. The molecule has 2 atom stereocenters. The maximum Gasteiger partial charge on any atom is 0.165 e. The number of rotatable bonds is 17. The van der Waals surface area contributed by atoms with Crippen molar-refractivity contribution in [2.24, 2.45) is 0 Å². The Balaban J connectivity index is 1.65. The Morgan fingerprint density at radius 1 is 0.750 bits per heavy atom. The molecule has 0 saturated carbocycles. The molecule has 178 valence electrons. The number of aryl methyl sites for hydroxylation is 1. The fourth-order valence-electron chi connectivity index (χ4n) is 3.71. The van der Waals surface area contributed by atoms with Crippen LogP contribution >= 0.6 is 0 Å². The topological polar surface area (TPSA) is 35.0 Å². The van der Waals surface area contributed by atoms with Gasteiger partial charge in [0, 0.05) is 5.56 Å². The van der Waals surface area contributed by atoms with Crippen LogP contribution in [0.1, 0.15) is 90.0 Å². The molecule has 0 radical (unpaired) electrons. The minimum Gasteiger partial charge on any atom is -0.487 e. The lowest BCUT2D eigenvalue weighted by Crippen LogP contribution is -2.23. The van der Waals surface area contributed by atoms with Crippen molar-refractivity contribution in [2.75, 3.05) is 6.61 Å². The molecule has 1 aromatic carbocycles. The summed E-state index contributed by atoms with van der Waals surface area (Å²) in [5, 5.41) is 0. The molecule has 1 heterocycles. The van der Waals surface area contributed by atoms with Gasteiger partial charge in [0.05, 0.1) is 12.4 Å². The van der Waals surface area contributed by atoms with Crippen molar-refractivity contribution in [3.05, 3.63) is 42.2 Å². The van der Waals surface area contributed by atoms with Gasteiger partial charge in [0.15, 0.2) is 17.7 Å². The summed E-state index contributed by atoms with van der Waals surface area (Å²) in [4.78, 5) is 8.59. The van der Waals surface area contributed by atoms with Crippen LogP contribution in [0.4, 0.5) is 8.78 Å². The molecule has 2 unspecified atom stereocenters. The first-order valence-electron chi connectivity index (χ1n) is 12.5. The third kappa shape index (κ3) is 10.1. The third-order valence-corrected chi connectivity index (χ3v) is 5.85. The molecule has 2 rings (SSSR count). The van der Waals surface area contributed by atoms with E-state index in [2.05, 4.69) is 29.0 Å². The van der Waals surface area contributed by atoms with E-state index >= 15 is 0 Å². The molecule has 0 fully saturated rings. The molecule has 0 bridgehead atoms. The van der Waals surface area contributed by atoms with Crippen LogP contribution in [-0.2, 0) is 6.42 Å². The Morgan fingerprint density at radius 3 is 1.88 bits per heavy atom. The summed E-state index contributed by atoms with van der Waals surface area (Å²) in [5.74, 6) is 0.939. The van der Waals surface area contributed by atoms with E-state index in [0.717, 1.165) is 12.0 Å². The van der Waals surface area contributed by atoms with Crippen LogP contribution in [0, 0.1) is 0 Å². The van der Waals surface area contributed by atoms with Gasteiger partial charge in [0.2, 0.25) is 0 Å². The zero-order valence-corrected chi connectivity index (χ0v) is 19.9. The summed E-state index contributed by atoms with van der Waals surface area (Å²) in [6, 6.07) is 8.34. The number of unbranched alkanes of at least 4 members (excludes halogenated alkanes) is 9. The number of ether oxygens (including phenoxy) is 1. The lowest BCUT2D eigenvalue weighted by molar-refractivity contribution is 0.106. The minimum absolute atomic E-state index is 0.134. The average Bonchev–Trinajstić information content (AvgIpc) is 2.84. The summed E-state index contributed by atoms with van der Waals surface area (Å²) in [7, 11) is 0. The number of nitrogens with zero attached hydrogens (tertiary/aromatic N) is 2. The third-order valence-electron chi connectivity index (χ3n) is 5.85. The normalized spacial score (nSPS) is 13.1. The smallest absolute Gasteiger partial charge is 0.165 e. The molecule has 32 heavy (non-hydrogen) atoms. The monoisotopic (exact) mass is 446 g/mol. The van der Waals surface area contributed by atoms with Gasteiger partial charge in [0.1, 0.15) is 12.8 Å². The van der Waals surface area contributed by atoms with E-state index in [1.807, 2.05) is 12.1 Å². The predicted molar refractivity (Wildman–Crippen MR) is 129 cm³/mol. The lowest BCUT2D eigenvalue weighted by atomic mass is 10.0. The summed E-state index contributed by atoms with van der Waals surface area (Å²) in [6.45, 7) is 3.54. The zero-order chi connectivity index (χ0) is 23.0. The standard InChI is InChI=1S/C27H40F2N2O/c1-3-5-6-7-8-9-10-11-12-13-14-22-15-17-23(18-16-22)27-30-19-24(20-31-27)32-21-26(29)25(28)4-2/h15-20,25-26H,3-14,21H2,1-2H3. The number of hydrogen-bond acceptors (Lipinski definition) is 3. The maximum absolute atomic E-state index is 13.5. The van der Waals surface area contributed by atoms with Crippen molar-refractivity contribution in [3.8, 4) is 17.1 Å². The van der Waals surface area contributed by atoms with E-state index in [1.165, 1.54) is 82.2 Å². The second-order valence-electron chi connectivity index (χ2n) is 8.62. The van der Waals surface area contributed by atoms with Crippen LogP contribution in [0.15, 0.2) is 36.7 Å². The first-order chi connectivity index (χ1) is 15.6. The van der Waals surface area contributed by atoms with Crippen molar-refractivity contribution >= 4 is 0 Å². The first-order valence-corrected chi connectivity index (χ1v) is 12.5. The van der Waals surface area contributed by atoms with Gasteiger partial charge < -0.3 is 4.74 Å². The summed E-state index contributed by atoms with van der Waals surface area (Å²) in [6.07, 6.45) is 14.6. The molecule has 5 heteroatoms. The van der Waals surface area contributed by atoms with Crippen molar-refractivity contribution in [3.63, 3.8) is 0 Å². The van der Waals surface area contributed by atoms with Gasteiger partial charge in [-0.2, -0.15) is 0 Å². The molecule has 1 aromatic heterocycles. The van der Waals surface area contributed by atoms with Crippen LogP contribution in [0.3, 0.4) is 0 Å². The van der Waals surface area contributed by atoms with Gasteiger partial charge in [0.25, 0.3) is 0 Å². The second kappa shape index (κ2) is 15.7. The zero-order valence-electron chi connectivity index (χ0n) is 19.9. The highest BCUT2D eigenvalue weighted by atomic mass is 19.2. The van der Waals surface area contributed by atoms with Crippen LogP contribution in [0.2, 0.25) is 0 Å². The minimum atomic E-state index is -1.64. The molecular formula is C27H40F2N2O. The number of benzene rings is 1. The fourth-order valence-corrected chi connectivity index (χ4v) is 3.71. The van der Waals surface area contributed by atoms with E-state index in [4.69, 9.17) is 4.74 Å². The first kappa shape index (κ1) is 26.2. The van der Waals surface area contributed by atoms with Gasteiger partial charge in [-0.05, 0) is 24.8 Å². The Morgan fingerprint density at radius 2 is 1.31 bits per heavy atom. The van der Waals surface area contributed by atoms with E-state index in [9.17, 15) is 8.78 Å². The molecule has 0 saturated heterocycles. The van der Waals surface area contributed by atoms with Crippen LogP contribution in [0.25, 0.3) is 11.4 Å².